The number of likely N-dealkylation sites (tertiary alicyclic amines) is 2. The van der Waals surface area contributed by atoms with Crippen LogP contribution in [0, 0.1) is 11.3 Å². The zero-order chi connectivity index (χ0) is 55.0. The van der Waals surface area contributed by atoms with Crippen molar-refractivity contribution in [2.75, 3.05) is 92.9 Å². The number of carbonyl (C=O) groups excluding carboxylic acids is 5. The number of hydrogen-bond acceptors (Lipinski definition) is 12. The lowest BCUT2D eigenvalue weighted by molar-refractivity contribution is -0.155. The van der Waals surface area contributed by atoms with Crippen LogP contribution < -0.4 is 10.7 Å². The van der Waals surface area contributed by atoms with Gasteiger partial charge in [-0.05, 0) is 99.3 Å². The molecule has 8 heterocycles. The monoisotopic (exact) mass is 1070 g/mol. The first-order chi connectivity index (χ1) is 36.7. The fourth-order valence-electron chi connectivity index (χ4n) is 12.2. The summed E-state index contributed by atoms with van der Waals surface area (Å²) in [6.07, 6.45) is 10.1. The van der Waals surface area contributed by atoms with Crippen molar-refractivity contribution in [1.29, 1.82) is 0 Å². The summed E-state index contributed by atoms with van der Waals surface area (Å²) in [6.45, 7) is 15.3. The maximum absolute atomic E-state index is 14.9. The molecule has 1 unspecified atom stereocenters. The Balaban J connectivity index is 0.938. The highest BCUT2D eigenvalue weighted by Gasteiger charge is 2.46. The molecule has 4 fully saturated rings. The lowest BCUT2D eigenvalue weighted by Gasteiger charge is -2.41. The third kappa shape index (κ3) is 12.1. The number of halogens is 2. The zero-order valence-corrected chi connectivity index (χ0v) is 46.1. The molecule has 77 heavy (non-hydrogen) atoms. The standard InChI is InChI=1S/C57H78F2N10O8/c1-9-68-46-19-18-39-28-42(46)43(50(68)41-15-10-22-60-48(41)38(4)75-8)29-55(5,6)35-76-53(73)44-16-12-25-69(62-44)52(72)45(31-64-23-11-14-40(39)30-64)61-51(71)49(37(2)3)63(7)54(74)66-26-20-56(21-27-66)32-67(36-77-56)47(70)17-13-24-65-33-57(58,59)34-65/h10,13-15,17-19,22,28,37-38,44-45,49,62H,9,11-12,16,20-21,23-27,29-36H2,1-8H3,(H,61,71)/b17-13+/t38-,44-,45-,49-/m0/s1. The van der Waals surface area contributed by atoms with Crippen LogP contribution in [0.25, 0.3) is 27.7 Å². The van der Waals surface area contributed by atoms with E-state index in [9.17, 15) is 32.8 Å². The number of methoxy groups -OCH3 is 1. The number of esters is 1. The number of hydrogen-bond donors (Lipinski definition) is 2. The topological polar surface area (TPSA) is 174 Å². The van der Waals surface area contributed by atoms with Crippen LogP contribution in [0.1, 0.15) is 96.6 Å². The van der Waals surface area contributed by atoms with Gasteiger partial charge in [0.05, 0.1) is 49.3 Å². The molecule has 0 saturated carbocycles. The average Bonchev–Trinajstić information content (AvgIpc) is 4.01. The molecular formula is C57H78F2N10O8. The van der Waals surface area contributed by atoms with Crippen LogP contribution in [-0.2, 0) is 46.4 Å². The Morgan fingerprint density at radius 3 is 2.52 bits per heavy atom. The third-order valence-corrected chi connectivity index (χ3v) is 16.4. The molecule has 5 amide bonds. The van der Waals surface area contributed by atoms with E-state index in [1.165, 1.54) is 16.0 Å². The number of aromatic nitrogens is 2. The van der Waals surface area contributed by atoms with Crippen LogP contribution in [0.5, 0.6) is 0 Å². The van der Waals surface area contributed by atoms with Crippen molar-refractivity contribution >= 4 is 46.2 Å². The van der Waals surface area contributed by atoms with E-state index in [0.717, 1.165) is 51.0 Å². The third-order valence-electron chi connectivity index (χ3n) is 16.4. The molecule has 6 bridgehead atoms. The van der Waals surface area contributed by atoms with Crippen molar-refractivity contribution in [3.63, 3.8) is 0 Å². The van der Waals surface area contributed by atoms with E-state index < -0.39 is 46.9 Å². The summed E-state index contributed by atoms with van der Waals surface area (Å²) in [4.78, 5) is 84.4. The molecule has 6 aliphatic heterocycles. The molecule has 20 heteroatoms. The number of rotatable bonds is 11. The number of likely N-dealkylation sites (N-methyl/N-ethyl adjacent to an activating group) is 1. The van der Waals surface area contributed by atoms with E-state index in [1.807, 2.05) is 26.8 Å². The van der Waals surface area contributed by atoms with Gasteiger partial charge in [-0.15, -0.1) is 0 Å². The number of aryl methyl sites for hydroxylation is 1. The number of alkyl halides is 2. The Kier molecular flexibility index (Phi) is 16.6. The summed E-state index contributed by atoms with van der Waals surface area (Å²) in [7, 11) is 3.31. The van der Waals surface area contributed by atoms with Gasteiger partial charge in [0.15, 0.2) is 0 Å². The fourth-order valence-corrected chi connectivity index (χ4v) is 12.2. The van der Waals surface area contributed by atoms with Crippen LogP contribution in [0.2, 0.25) is 0 Å². The molecule has 4 saturated heterocycles. The summed E-state index contributed by atoms with van der Waals surface area (Å²) in [5.41, 5.74) is 9.29. The van der Waals surface area contributed by atoms with E-state index in [4.69, 9.17) is 19.2 Å². The van der Waals surface area contributed by atoms with Gasteiger partial charge in [0.1, 0.15) is 24.9 Å². The van der Waals surface area contributed by atoms with Gasteiger partial charge >= 0.3 is 12.0 Å². The molecule has 9 rings (SSSR count). The first-order valence-electron chi connectivity index (χ1n) is 27.5. The number of piperidine rings is 1. The molecule has 1 aromatic carbocycles. The Labute approximate surface area is 451 Å². The van der Waals surface area contributed by atoms with Crippen molar-refractivity contribution in [3.05, 3.63) is 71.6 Å². The minimum absolute atomic E-state index is 0.0913. The van der Waals surface area contributed by atoms with Crippen molar-refractivity contribution in [1.82, 2.24) is 49.8 Å². The zero-order valence-electron chi connectivity index (χ0n) is 46.1. The van der Waals surface area contributed by atoms with E-state index >= 15 is 0 Å². The number of benzene rings is 1. The SMILES string of the molecule is CCn1c(-c2cccnc2[C@H](C)OC)c2c3cc(ccc31)C1=CCCN(C1)C[C@H](NC(=O)[C@H](C(C)C)N(C)C(=O)N1CCC3(CC1)CN(C(=O)/C=C/CN1CC(F)(F)C1)CO3)C(=O)N1CCC[C@H](N1)C(=O)OCC(C)(C)C2. The quantitative estimate of drug-likeness (QED) is 0.173. The Bertz CT molecular complexity index is 2760. The lowest BCUT2D eigenvalue weighted by Crippen LogP contribution is -2.64. The van der Waals surface area contributed by atoms with Gasteiger partial charge in [-0.25, -0.2) is 19.0 Å². The second-order valence-corrected chi connectivity index (χ2v) is 23.2. The van der Waals surface area contributed by atoms with Crippen molar-refractivity contribution < 1.29 is 47.0 Å². The van der Waals surface area contributed by atoms with Gasteiger partial charge in [-0.2, -0.15) is 0 Å². The number of amides is 5. The summed E-state index contributed by atoms with van der Waals surface area (Å²) in [6, 6.07) is 7.58. The van der Waals surface area contributed by atoms with Crippen LogP contribution in [0.15, 0.2) is 54.8 Å². The normalized spacial score (nSPS) is 24.6. The summed E-state index contributed by atoms with van der Waals surface area (Å²) in [5, 5.41) is 5.67. The number of nitrogens with zero attached hydrogens (tertiary/aromatic N) is 8. The number of pyridine rings is 1. The predicted molar refractivity (Wildman–Crippen MR) is 287 cm³/mol. The Morgan fingerprint density at radius 1 is 1.04 bits per heavy atom. The largest absolute Gasteiger partial charge is 0.464 e. The van der Waals surface area contributed by atoms with E-state index in [0.29, 0.717) is 77.9 Å². The molecule has 0 aliphatic carbocycles. The summed E-state index contributed by atoms with van der Waals surface area (Å²) in [5.74, 6) is -4.58. The van der Waals surface area contributed by atoms with E-state index in [-0.39, 0.29) is 69.4 Å². The van der Waals surface area contributed by atoms with Gasteiger partial charge in [0.25, 0.3) is 11.8 Å². The van der Waals surface area contributed by atoms with Crippen LogP contribution in [0.3, 0.4) is 0 Å². The second kappa shape index (κ2) is 22.9. The number of ether oxygens (including phenoxy) is 3. The Hall–Kier alpha value is -5.80. The van der Waals surface area contributed by atoms with Gasteiger partial charge in [-0.1, -0.05) is 45.9 Å². The fraction of sp³-hybridized carbons (Fsp3) is 0.614. The molecule has 5 atom stereocenters. The molecule has 2 aromatic heterocycles. The van der Waals surface area contributed by atoms with Gasteiger partial charge in [0, 0.05) is 101 Å². The van der Waals surface area contributed by atoms with Crippen LogP contribution in [-0.4, -0.2) is 191 Å². The highest BCUT2D eigenvalue weighted by Crippen LogP contribution is 2.42. The van der Waals surface area contributed by atoms with Crippen molar-refractivity contribution in [2.45, 2.75) is 122 Å². The molecule has 6 aliphatic rings. The highest BCUT2D eigenvalue weighted by molar-refractivity contribution is 5.95. The van der Waals surface area contributed by atoms with Gasteiger partial charge in [-0.3, -0.25) is 39.0 Å². The first-order valence-corrected chi connectivity index (χ1v) is 27.5. The highest BCUT2D eigenvalue weighted by atomic mass is 19.3. The first kappa shape index (κ1) is 55.9. The predicted octanol–water partition coefficient (Wildman–Crippen LogP) is 5.86. The average molecular weight is 1070 g/mol. The lowest BCUT2D eigenvalue weighted by atomic mass is 9.84. The van der Waals surface area contributed by atoms with E-state index in [1.54, 1.807) is 41.1 Å². The van der Waals surface area contributed by atoms with Crippen LogP contribution >= 0.6 is 0 Å². The summed E-state index contributed by atoms with van der Waals surface area (Å²) < 4.78 is 47.0. The molecule has 418 valence electrons. The number of carbonyl (C=O) groups is 5. The Morgan fingerprint density at radius 2 is 1.81 bits per heavy atom. The van der Waals surface area contributed by atoms with Crippen LogP contribution in [0.4, 0.5) is 13.6 Å². The minimum atomic E-state index is -2.67. The van der Waals surface area contributed by atoms with Gasteiger partial charge in [0.2, 0.25) is 11.8 Å². The maximum Gasteiger partial charge on any atom is 0.324 e. The molecule has 18 nitrogen and oxygen atoms in total. The van der Waals surface area contributed by atoms with E-state index in [2.05, 4.69) is 71.3 Å². The number of fused-ring (bicyclic) bond motifs is 6. The van der Waals surface area contributed by atoms with Crippen molar-refractivity contribution in [2.24, 2.45) is 11.3 Å². The number of nitrogens with one attached hydrogen (secondary N) is 2. The molecule has 3 aromatic rings. The van der Waals surface area contributed by atoms with Gasteiger partial charge < -0.3 is 38.8 Å². The molecular weight excluding hydrogens is 991 g/mol. The second-order valence-electron chi connectivity index (χ2n) is 23.2. The molecule has 0 radical (unpaired) electrons. The molecule has 1 spiro atoms. The molecule has 2 N–H and O–H groups in total. The van der Waals surface area contributed by atoms with Crippen molar-refractivity contribution in [3.8, 4) is 11.3 Å². The smallest absolute Gasteiger partial charge is 0.324 e. The number of urea groups is 1. The minimum Gasteiger partial charge on any atom is -0.464 e. The number of hydrazine groups is 1. The number of cyclic esters (lactones) is 1. The maximum atomic E-state index is 14.9. The summed E-state index contributed by atoms with van der Waals surface area (Å²) >= 11 is 0.